The molecule has 1 saturated heterocycles. The third-order valence-electron chi connectivity index (χ3n) is 1.66. The van der Waals surface area contributed by atoms with Crippen LogP contribution >= 0.6 is 0 Å². The summed E-state index contributed by atoms with van der Waals surface area (Å²) >= 11 is 0. The molecule has 1 heterocycles. The quantitative estimate of drug-likeness (QED) is 0.731. The van der Waals surface area contributed by atoms with Crippen LogP contribution in [0, 0.1) is 12.5 Å². The molecule has 1 fully saturated rings. The average molecular weight is 313 g/mol. The van der Waals surface area contributed by atoms with Gasteiger partial charge in [0.2, 0.25) is 0 Å². The summed E-state index contributed by atoms with van der Waals surface area (Å²) in [7, 11) is 0. The number of rotatable bonds is 1. The average Bonchev–Trinajstić information content (AvgIpc) is 1.88. The molecule has 3 heteroatoms. The maximum absolute atomic E-state index is 8.66. The second kappa shape index (κ2) is 5.28. The van der Waals surface area contributed by atoms with Crippen molar-refractivity contribution in [2.75, 3.05) is 6.61 Å². The Hall–Kier alpha value is 0.608. The van der Waals surface area contributed by atoms with E-state index in [1.165, 1.54) is 0 Å². The SMILES string of the molecule is CC1C[CH-]OC(CO)C1.[W]. The van der Waals surface area contributed by atoms with E-state index in [1.807, 2.05) is 0 Å². The first-order chi connectivity index (χ1) is 4.33. The Labute approximate surface area is 76.2 Å². The number of ether oxygens (including phenoxy) is 1. The summed E-state index contributed by atoms with van der Waals surface area (Å²) < 4.78 is 5.12. The summed E-state index contributed by atoms with van der Waals surface area (Å²) in [4.78, 5) is 0. The van der Waals surface area contributed by atoms with Crippen LogP contribution < -0.4 is 0 Å². The maximum Gasteiger partial charge on any atom is 0.0664 e. The van der Waals surface area contributed by atoms with Crippen molar-refractivity contribution in [2.45, 2.75) is 25.9 Å². The third kappa shape index (κ3) is 3.13. The van der Waals surface area contributed by atoms with Crippen LogP contribution in [0.15, 0.2) is 0 Å². The molecule has 1 aliphatic rings. The van der Waals surface area contributed by atoms with E-state index in [4.69, 9.17) is 9.84 Å². The molecule has 0 aromatic carbocycles. The second-order valence-electron chi connectivity index (χ2n) is 2.68. The fourth-order valence-electron chi connectivity index (χ4n) is 1.07. The fraction of sp³-hybridized carbons (Fsp3) is 0.857. The van der Waals surface area contributed by atoms with Crippen molar-refractivity contribution in [2.24, 2.45) is 5.92 Å². The van der Waals surface area contributed by atoms with Crippen LogP contribution in [0.3, 0.4) is 0 Å². The van der Waals surface area contributed by atoms with Crippen LogP contribution in [0.2, 0.25) is 0 Å². The van der Waals surface area contributed by atoms with Gasteiger partial charge >= 0.3 is 0 Å². The van der Waals surface area contributed by atoms with Crippen molar-refractivity contribution in [3.8, 4) is 0 Å². The number of aliphatic hydroxyl groups is 1. The number of aliphatic hydroxyl groups excluding tert-OH is 1. The fourth-order valence-corrected chi connectivity index (χ4v) is 1.07. The van der Waals surface area contributed by atoms with Gasteiger partial charge in [-0.15, -0.1) is 0 Å². The molecule has 2 nitrogen and oxygen atoms in total. The van der Waals surface area contributed by atoms with Crippen LogP contribution in [0.25, 0.3) is 0 Å². The largest absolute Gasteiger partial charge is 0.548 e. The number of hydrogen-bond acceptors (Lipinski definition) is 2. The molecule has 0 aliphatic carbocycles. The molecular weight excluding hydrogens is 300 g/mol. The molecule has 10 heavy (non-hydrogen) atoms. The van der Waals surface area contributed by atoms with E-state index in [-0.39, 0.29) is 33.8 Å². The van der Waals surface area contributed by atoms with Crippen molar-refractivity contribution in [1.29, 1.82) is 0 Å². The van der Waals surface area contributed by atoms with Gasteiger partial charge in [0.15, 0.2) is 0 Å². The molecule has 0 aromatic heterocycles. The molecule has 0 saturated carbocycles. The monoisotopic (exact) mass is 313 g/mol. The third-order valence-corrected chi connectivity index (χ3v) is 1.66. The zero-order valence-electron chi connectivity index (χ0n) is 6.12. The molecule has 2 unspecified atom stereocenters. The van der Waals surface area contributed by atoms with Crippen molar-refractivity contribution in [3.63, 3.8) is 0 Å². The van der Waals surface area contributed by atoms with Crippen LogP contribution in [0.5, 0.6) is 0 Å². The van der Waals surface area contributed by atoms with Crippen LogP contribution in [-0.2, 0) is 25.8 Å². The minimum atomic E-state index is 0. The topological polar surface area (TPSA) is 29.5 Å². The van der Waals surface area contributed by atoms with E-state index in [2.05, 4.69) is 6.92 Å². The van der Waals surface area contributed by atoms with Crippen LogP contribution in [-0.4, -0.2) is 17.8 Å². The van der Waals surface area contributed by atoms with Crippen molar-refractivity contribution < 1.29 is 30.9 Å². The van der Waals surface area contributed by atoms with Crippen molar-refractivity contribution >= 4 is 0 Å². The van der Waals surface area contributed by atoms with Gasteiger partial charge in [0.05, 0.1) is 6.61 Å². The summed E-state index contributed by atoms with van der Waals surface area (Å²) in [6.45, 7) is 4.12. The Kier molecular flexibility index (Phi) is 5.61. The summed E-state index contributed by atoms with van der Waals surface area (Å²) in [5, 5.41) is 8.66. The van der Waals surface area contributed by atoms with Crippen molar-refractivity contribution in [3.05, 3.63) is 6.61 Å². The molecule has 60 valence electrons. The van der Waals surface area contributed by atoms with Gasteiger partial charge in [-0.1, -0.05) is 12.8 Å². The molecule has 0 amide bonds. The van der Waals surface area contributed by atoms with E-state index < -0.39 is 0 Å². The molecular formula is C7H13O2W-. The normalized spacial score (nSPS) is 33.0. The van der Waals surface area contributed by atoms with Crippen LogP contribution in [0.4, 0.5) is 0 Å². The van der Waals surface area contributed by atoms with Gasteiger partial charge in [0, 0.05) is 27.2 Å². The van der Waals surface area contributed by atoms with Gasteiger partial charge in [0.1, 0.15) is 0 Å². The Morgan fingerprint density at radius 1 is 1.70 bits per heavy atom. The first kappa shape index (κ1) is 10.6. The predicted octanol–water partition coefficient (Wildman–Crippen LogP) is 0.953. The summed E-state index contributed by atoms with van der Waals surface area (Å²) in [5.41, 5.74) is 0. The Balaban J connectivity index is 0.000000810. The molecule has 0 bridgehead atoms. The molecule has 1 aliphatic heterocycles. The Morgan fingerprint density at radius 3 is 2.80 bits per heavy atom. The first-order valence-electron chi connectivity index (χ1n) is 3.41. The Morgan fingerprint density at radius 2 is 2.40 bits per heavy atom. The molecule has 2 atom stereocenters. The van der Waals surface area contributed by atoms with Gasteiger partial charge in [-0.3, -0.25) is 0 Å². The predicted molar refractivity (Wildman–Crippen MR) is 34.7 cm³/mol. The summed E-state index contributed by atoms with van der Waals surface area (Å²) in [5.74, 6) is 0.677. The Bertz CT molecular complexity index is 87.7. The van der Waals surface area contributed by atoms with Gasteiger partial charge in [-0.2, -0.15) is 6.42 Å². The van der Waals surface area contributed by atoms with Crippen molar-refractivity contribution in [1.82, 2.24) is 0 Å². The van der Waals surface area contributed by atoms with Gasteiger partial charge in [0.25, 0.3) is 0 Å². The second-order valence-corrected chi connectivity index (χ2v) is 2.68. The van der Waals surface area contributed by atoms with E-state index in [9.17, 15) is 0 Å². The van der Waals surface area contributed by atoms with E-state index in [1.54, 1.807) is 6.61 Å². The van der Waals surface area contributed by atoms with Gasteiger partial charge < -0.3 is 9.84 Å². The first-order valence-corrected chi connectivity index (χ1v) is 3.41. The molecule has 0 spiro atoms. The van der Waals surface area contributed by atoms with E-state index in [0.717, 1.165) is 12.8 Å². The minimum Gasteiger partial charge on any atom is -0.548 e. The molecule has 0 radical (unpaired) electrons. The number of hydrogen-bond donors (Lipinski definition) is 1. The van der Waals surface area contributed by atoms with Gasteiger partial charge in [-0.25, -0.2) is 6.61 Å². The van der Waals surface area contributed by atoms with Gasteiger partial charge in [-0.05, 0) is 6.42 Å². The zero-order chi connectivity index (χ0) is 6.69. The smallest absolute Gasteiger partial charge is 0.0664 e. The zero-order valence-corrected chi connectivity index (χ0v) is 9.05. The van der Waals surface area contributed by atoms with E-state index in [0.29, 0.717) is 5.92 Å². The molecule has 1 rings (SSSR count). The molecule has 0 aromatic rings. The van der Waals surface area contributed by atoms with E-state index >= 15 is 0 Å². The maximum atomic E-state index is 8.66. The van der Waals surface area contributed by atoms with Crippen LogP contribution in [0.1, 0.15) is 19.8 Å². The summed E-state index contributed by atoms with van der Waals surface area (Å²) in [6.07, 6.45) is 2.08. The molecule has 1 N–H and O–H groups in total. The summed E-state index contributed by atoms with van der Waals surface area (Å²) in [6, 6.07) is 0. The minimum absolute atomic E-state index is 0. The standard InChI is InChI=1S/C7H13O2.W/c1-6-2-3-9-7(4-6)5-8;/h3,6-8H,2,4-5H2,1H3;/q-1;.